The molecule has 2 amide bonds. The zero-order valence-corrected chi connectivity index (χ0v) is 19.5. The van der Waals surface area contributed by atoms with Crippen LogP contribution in [-0.4, -0.2) is 38.1 Å². The van der Waals surface area contributed by atoms with Gasteiger partial charge in [-0.05, 0) is 35.7 Å². The Hall–Kier alpha value is -3.83. The fraction of sp³-hybridized carbons (Fsp3) is 0.136. The standard InChI is InChI=1S/C22H19N3O6S2/c1-28-14-10-12(11-15(29-2)18(14)30-3)19(26)25-22-23-17(16-7-5-9-32-16)21(33-22)24-20(27)13-6-4-8-31-13/h4-11H,1-3H3,(H,24,27)(H,23,25,26). The molecule has 0 fully saturated rings. The summed E-state index contributed by atoms with van der Waals surface area (Å²) in [6.45, 7) is 0. The van der Waals surface area contributed by atoms with Gasteiger partial charge in [0.25, 0.3) is 11.8 Å². The molecule has 0 atom stereocenters. The maximum absolute atomic E-state index is 13.0. The zero-order valence-electron chi connectivity index (χ0n) is 17.8. The highest BCUT2D eigenvalue weighted by Crippen LogP contribution is 2.40. The van der Waals surface area contributed by atoms with Gasteiger partial charge in [0.1, 0.15) is 10.7 Å². The van der Waals surface area contributed by atoms with Crippen LogP contribution in [0.1, 0.15) is 20.9 Å². The van der Waals surface area contributed by atoms with Crippen LogP contribution in [0.15, 0.2) is 52.5 Å². The number of ether oxygens (including phenoxy) is 3. The molecule has 0 saturated carbocycles. The molecule has 4 aromatic rings. The lowest BCUT2D eigenvalue weighted by Gasteiger charge is -2.13. The molecule has 3 heterocycles. The van der Waals surface area contributed by atoms with Crippen LogP contribution >= 0.6 is 22.7 Å². The van der Waals surface area contributed by atoms with Crippen LogP contribution in [0.3, 0.4) is 0 Å². The van der Waals surface area contributed by atoms with Gasteiger partial charge in [-0.3, -0.25) is 14.9 Å². The number of furan rings is 1. The number of amides is 2. The predicted molar refractivity (Wildman–Crippen MR) is 126 cm³/mol. The van der Waals surface area contributed by atoms with Crippen molar-refractivity contribution in [1.29, 1.82) is 0 Å². The fourth-order valence-electron chi connectivity index (χ4n) is 2.99. The molecule has 33 heavy (non-hydrogen) atoms. The van der Waals surface area contributed by atoms with Crippen LogP contribution in [0.25, 0.3) is 10.6 Å². The lowest BCUT2D eigenvalue weighted by atomic mass is 10.1. The molecular formula is C22H19N3O6S2. The molecule has 0 aliphatic carbocycles. The fourth-order valence-corrected chi connectivity index (χ4v) is 4.65. The summed E-state index contributed by atoms with van der Waals surface area (Å²) in [5, 5.41) is 8.28. The number of aromatic nitrogens is 1. The molecule has 0 aliphatic rings. The molecule has 0 unspecified atom stereocenters. The van der Waals surface area contributed by atoms with Crippen LogP contribution in [0, 0.1) is 0 Å². The quantitative estimate of drug-likeness (QED) is 0.361. The number of thiazole rings is 1. The number of hydrogen-bond donors (Lipinski definition) is 2. The topological polar surface area (TPSA) is 112 Å². The molecular weight excluding hydrogens is 466 g/mol. The van der Waals surface area contributed by atoms with Gasteiger partial charge in [0.05, 0.1) is 32.5 Å². The minimum atomic E-state index is -0.426. The Balaban J connectivity index is 1.63. The lowest BCUT2D eigenvalue weighted by Crippen LogP contribution is -2.12. The van der Waals surface area contributed by atoms with Crippen LogP contribution < -0.4 is 24.8 Å². The number of thiophene rings is 1. The van der Waals surface area contributed by atoms with Gasteiger partial charge in [0.15, 0.2) is 22.4 Å². The summed E-state index contributed by atoms with van der Waals surface area (Å²) in [5.41, 5.74) is 0.841. The molecule has 170 valence electrons. The van der Waals surface area contributed by atoms with E-state index in [2.05, 4.69) is 15.6 Å². The van der Waals surface area contributed by atoms with Crippen molar-refractivity contribution in [2.45, 2.75) is 0 Å². The first kappa shape index (κ1) is 22.4. The summed E-state index contributed by atoms with van der Waals surface area (Å²) in [6, 6.07) is 10.0. The Morgan fingerprint density at radius 2 is 1.73 bits per heavy atom. The molecule has 0 saturated heterocycles. The third-order valence-electron chi connectivity index (χ3n) is 4.50. The third-order valence-corrected chi connectivity index (χ3v) is 6.26. The van der Waals surface area contributed by atoms with E-state index in [0.717, 1.165) is 16.2 Å². The van der Waals surface area contributed by atoms with Gasteiger partial charge < -0.3 is 23.9 Å². The first-order chi connectivity index (χ1) is 16.0. The van der Waals surface area contributed by atoms with E-state index in [1.54, 1.807) is 24.3 Å². The molecule has 0 spiro atoms. The number of nitrogens with one attached hydrogen (secondary N) is 2. The smallest absolute Gasteiger partial charge is 0.292 e. The number of benzene rings is 1. The average molecular weight is 486 g/mol. The SMILES string of the molecule is COc1cc(C(=O)Nc2nc(-c3cccs3)c(NC(=O)c3ccco3)s2)cc(OC)c1OC. The maximum atomic E-state index is 13.0. The molecule has 3 aromatic heterocycles. The highest BCUT2D eigenvalue weighted by Gasteiger charge is 2.21. The van der Waals surface area contributed by atoms with Crippen molar-refractivity contribution in [2.75, 3.05) is 32.0 Å². The number of hydrogen-bond acceptors (Lipinski definition) is 9. The first-order valence-electron chi connectivity index (χ1n) is 9.55. The molecule has 0 radical (unpaired) electrons. The summed E-state index contributed by atoms with van der Waals surface area (Å²) < 4.78 is 21.1. The van der Waals surface area contributed by atoms with Crippen molar-refractivity contribution in [3.05, 3.63) is 59.4 Å². The van der Waals surface area contributed by atoms with Gasteiger partial charge in [0, 0.05) is 5.56 Å². The Morgan fingerprint density at radius 3 is 2.30 bits per heavy atom. The Morgan fingerprint density at radius 1 is 0.970 bits per heavy atom. The first-order valence-corrected chi connectivity index (χ1v) is 11.2. The van der Waals surface area contributed by atoms with E-state index in [9.17, 15) is 9.59 Å². The highest BCUT2D eigenvalue weighted by molar-refractivity contribution is 7.21. The van der Waals surface area contributed by atoms with E-state index in [-0.39, 0.29) is 5.76 Å². The van der Waals surface area contributed by atoms with Crippen molar-refractivity contribution in [3.63, 3.8) is 0 Å². The minimum Gasteiger partial charge on any atom is -0.493 e. The van der Waals surface area contributed by atoms with Crippen molar-refractivity contribution in [3.8, 4) is 27.8 Å². The Labute approximate surface area is 196 Å². The van der Waals surface area contributed by atoms with Gasteiger partial charge in [-0.2, -0.15) is 0 Å². The molecule has 11 heteroatoms. The number of methoxy groups -OCH3 is 3. The molecule has 0 aliphatic heterocycles. The Kier molecular flexibility index (Phi) is 6.61. The summed E-state index contributed by atoms with van der Waals surface area (Å²) in [5.74, 6) is 0.421. The van der Waals surface area contributed by atoms with Gasteiger partial charge in [0.2, 0.25) is 5.75 Å². The second-order valence-corrected chi connectivity index (χ2v) is 8.42. The van der Waals surface area contributed by atoms with E-state index < -0.39 is 11.8 Å². The van der Waals surface area contributed by atoms with E-state index in [1.807, 2.05) is 17.5 Å². The van der Waals surface area contributed by atoms with E-state index in [1.165, 1.54) is 38.9 Å². The Bertz CT molecular complexity index is 1240. The number of anilines is 2. The maximum Gasteiger partial charge on any atom is 0.292 e. The van der Waals surface area contributed by atoms with E-state index >= 15 is 0 Å². The van der Waals surface area contributed by atoms with Crippen LogP contribution in [-0.2, 0) is 0 Å². The molecule has 1 aromatic carbocycles. The van der Waals surface area contributed by atoms with Crippen LogP contribution in [0.5, 0.6) is 17.2 Å². The van der Waals surface area contributed by atoms with Gasteiger partial charge in [-0.25, -0.2) is 4.98 Å². The number of nitrogens with zero attached hydrogens (tertiary/aromatic N) is 1. The summed E-state index contributed by atoms with van der Waals surface area (Å²) in [7, 11) is 4.43. The van der Waals surface area contributed by atoms with Gasteiger partial charge >= 0.3 is 0 Å². The minimum absolute atomic E-state index is 0.170. The zero-order chi connectivity index (χ0) is 23.4. The number of carbonyl (C=O) groups is 2. The highest BCUT2D eigenvalue weighted by atomic mass is 32.1. The van der Waals surface area contributed by atoms with Crippen molar-refractivity contribution >= 4 is 44.6 Å². The predicted octanol–water partition coefficient (Wildman–Crippen LogP) is 5.00. The van der Waals surface area contributed by atoms with E-state index in [4.69, 9.17) is 18.6 Å². The largest absolute Gasteiger partial charge is 0.493 e. The third kappa shape index (κ3) is 4.69. The summed E-state index contributed by atoms with van der Waals surface area (Å²) in [6.07, 6.45) is 1.42. The average Bonchev–Trinajstić information content (AvgIpc) is 3.59. The van der Waals surface area contributed by atoms with Crippen LogP contribution in [0.4, 0.5) is 10.1 Å². The van der Waals surface area contributed by atoms with Crippen molar-refractivity contribution in [1.82, 2.24) is 4.98 Å². The molecule has 2 N–H and O–H groups in total. The van der Waals surface area contributed by atoms with Gasteiger partial charge in [-0.1, -0.05) is 17.4 Å². The monoisotopic (exact) mass is 485 g/mol. The molecule has 0 bridgehead atoms. The van der Waals surface area contributed by atoms with Crippen molar-refractivity contribution < 1.29 is 28.2 Å². The number of rotatable bonds is 8. The van der Waals surface area contributed by atoms with Gasteiger partial charge in [-0.15, -0.1) is 11.3 Å². The van der Waals surface area contributed by atoms with E-state index in [0.29, 0.717) is 38.6 Å². The lowest BCUT2D eigenvalue weighted by molar-refractivity contribution is 0.0995. The molecule has 9 nitrogen and oxygen atoms in total. The number of carbonyl (C=O) groups excluding carboxylic acids is 2. The van der Waals surface area contributed by atoms with Crippen molar-refractivity contribution in [2.24, 2.45) is 0 Å². The normalized spacial score (nSPS) is 10.5. The molecule has 4 rings (SSSR count). The van der Waals surface area contributed by atoms with Crippen LogP contribution in [0.2, 0.25) is 0 Å². The summed E-state index contributed by atoms with van der Waals surface area (Å²) in [4.78, 5) is 30.8. The summed E-state index contributed by atoms with van der Waals surface area (Å²) >= 11 is 2.60. The second kappa shape index (κ2) is 9.76. The second-order valence-electron chi connectivity index (χ2n) is 6.47.